The summed E-state index contributed by atoms with van der Waals surface area (Å²) in [7, 11) is 0. The van der Waals surface area contributed by atoms with Crippen LogP contribution in [0.3, 0.4) is 0 Å². The van der Waals surface area contributed by atoms with Crippen LogP contribution in [0, 0.1) is 0 Å². The number of carbonyl (C=O) groups excluding carboxylic acids is 1. The van der Waals surface area contributed by atoms with Gasteiger partial charge in [0.15, 0.2) is 0 Å². The van der Waals surface area contributed by atoms with Crippen LogP contribution in [0.15, 0.2) is 60.7 Å². The summed E-state index contributed by atoms with van der Waals surface area (Å²) in [6, 6.07) is 21.3. The fourth-order valence-corrected chi connectivity index (χ4v) is 2.57. The molecule has 2 aromatic rings. The van der Waals surface area contributed by atoms with E-state index in [-0.39, 0.29) is 11.9 Å². The van der Waals surface area contributed by atoms with Gasteiger partial charge in [-0.2, -0.15) is 0 Å². The van der Waals surface area contributed by atoms with Gasteiger partial charge >= 0.3 is 0 Å². The molecule has 1 amide bonds. The van der Waals surface area contributed by atoms with Crippen LogP contribution in [0.2, 0.25) is 0 Å². The zero-order valence-electron chi connectivity index (χ0n) is 12.7. The highest BCUT2D eigenvalue weighted by Gasteiger charge is 2.23. The molecule has 3 rings (SSSR count). The molecule has 1 aliphatic rings. The average Bonchev–Trinajstić information content (AvgIpc) is 3.37. The van der Waals surface area contributed by atoms with E-state index in [1.165, 1.54) is 11.1 Å². The molecule has 0 unspecified atom stereocenters. The molecule has 22 heavy (non-hydrogen) atoms. The molecule has 114 valence electrons. The Labute approximate surface area is 131 Å². The van der Waals surface area contributed by atoms with Crippen LogP contribution in [-0.2, 0) is 11.2 Å². The molecular weight excluding hydrogens is 272 g/mol. The van der Waals surface area contributed by atoms with Gasteiger partial charge < -0.3 is 10.6 Å². The zero-order valence-corrected chi connectivity index (χ0v) is 12.7. The van der Waals surface area contributed by atoms with Gasteiger partial charge in [-0.3, -0.25) is 4.79 Å². The number of hydrogen-bond acceptors (Lipinski definition) is 2. The first-order valence-electron chi connectivity index (χ1n) is 7.93. The van der Waals surface area contributed by atoms with Crippen molar-refractivity contribution in [2.45, 2.75) is 31.3 Å². The van der Waals surface area contributed by atoms with Gasteiger partial charge in [0.25, 0.3) is 0 Å². The molecular formula is C19H22N2O. The average molecular weight is 294 g/mol. The SMILES string of the molecule is O=C(CN[C@@H](Cc1ccccc1)c1ccccc1)NC1CC1. The standard InChI is InChI=1S/C19H22N2O/c22-19(21-17-11-12-17)14-20-18(16-9-5-2-6-10-16)13-15-7-3-1-4-8-15/h1-10,17-18,20H,11-14H2,(H,21,22)/t18-/m0/s1. The van der Waals surface area contributed by atoms with E-state index in [1.54, 1.807) is 0 Å². The number of hydrogen-bond donors (Lipinski definition) is 2. The van der Waals surface area contributed by atoms with Crippen LogP contribution in [0.5, 0.6) is 0 Å². The summed E-state index contributed by atoms with van der Waals surface area (Å²) in [5.41, 5.74) is 2.48. The van der Waals surface area contributed by atoms with Crippen molar-refractivity contribution in [2.75, 3.05) is 6.54 Å². The van der Waals surface area contributed by atoms with Crippen molar-refractivity contribution in [3.8, 4) is 0 Å². The molecule has 0 bridgehead atoms. The van der Waals surface area contributed by atoms with Gasteiger partial charge in [-0.05, 0) is 30.4 Å². The molecule has 0 spiro atoms. The third-order valence-electron chi connectivity index (χ3n) is 3.94. The minimum absolute atomic E-state index is 0.0940. The van der Waals surface area contributed by atoms with Crippen LogP contribution in [-0.4, -0.2) is 18.5 Å². The predicted octanol–water partition coefficient (Wildman–Crippen LogP) is 2.84. The summed E-state index contributed by atoms with van der Waals surface area (Å²) in [6.45, 7) is 0.364. The maximum atomic E-state index is 11.9. The van der Waals surface area contributed by atoms with Gasteiger partial charge in [0.05, 0.1) is 6.54 Å². The molecule has 0 aromatic heterocycles. The van der Waals surface area contributed by atoms with Gasteiger partial charge in [-0.25, -0.2) is 0 Å². The smallest absolute Gasteiger partial charge is 0.234 e. The van der Waals surface area contributed by atoms with Gasteiger partial charge in [0, 0.05) is 12.1 Å². The Bertz CT molecular complexity index is 593. The van der Waals surface area contributed by atoms with Crippen molar-refractivity contribution >= 4 is 5.91 Å². The molecule has 2 aromatic carbocycles. The predicted molar refractivity (Wildman–Crippen MR) is 88.5 cm³/mol. The molecule has 0 heterocycles. The van der Waals surface area contributed by atoms with E-state index in [9.17, 15) is 4.79 Å². The van der Waals surface area contributed by atoms with Gasteiger partial charge in [-0.15, -0.1) is 0 Å². The first-order chi connectivity index (χ1) is 10.8. The third kappa shape index (κ3) is 4.43. The Morgan fingerprint density at radius 3 is 2.27 bits per heavy atom. The monoisotopic (exact) mass is 294 g/mol. The lowest BCUT2D eigenvalue weighted by molar-refractivity contribution is -0.120. The summed E-state index contributed by atoms with van der Waals surface area (Å²) in [6.07, 6.45) is 3.12. The van der Waals surface area contributed by atoms with E-state index in [0.717, 1.165) is 19.3 Å². The lowest BCUT2D eigenvalue weighted by Gasteiger charge is -2.19. The lowest BCUT2D eigenvalue weighted by Crippen LogP contribution is -2.37. The van der Waals surface area contributed by atoms with Crippen LogP contribution in [0.25, 0.3) is 0 Å². The van der Waals surface area contributed by atoms with E-state index in [1.807, 2.05) is 24.3 Å². The quantitative estimate of drug-likeness (QED) is 0.824. The molecule has 1 atom stereocenters. The van der Waals surface area contributed by atoms with Gasteiger partial charge in [0.1, 0.15) is 0 Å². The number of nitrogens with one attached hydrogen (secondary N) is 2. The number of rotatable bonds is 7. The van der Waals surface area contributed by atoms with Gasteiger partial charge in [-0.1, -0.05) is 60.7 Å². The molecule has 0 saturated heterocycles. The van der Waals surface area contributed by atoms with E-state index in [0.29, 0.717) is 12.6 Å². The molecule has 1 saturated carbocycles. The largest absolute Gasteiger partial charge is 0.352 e. The molecule has 1 fully saturated rings. The zero-order chi connectivity index (χ0) is 15.2. The molecule has 0 radical (unpaired) electrons. The van der Waals surface area contributed by atoms with E-state index in [2.05, 4.69) is 47.0 Å². The maximum absolute atomic E-state index is 11.9. The summed E-state index contributed by atoms with van der Waals surface area (Å²) >= 11 is 0. The molecule has 1 aliphatic carbocycles. The minimum atomic E-state index is 0.0940. The molecule has 3 nitrogen and oxygen atoms in total. The Balaban J connectivity index is 1.64. The summed E-state index contributed by atoms with van der Waals surface area (Å²) < 4.78 is 0. The number of carbonyl (C=O) groups is 1. The fraction of sp³-hybridized carbons (Fsp3) is 0.316. The fourth-order valence-electron chi connectivity index (χ4n) is 2.57. The van der Waals surface area contributed by atoms with E-state index >= 15 is 0 Å². The van der Waals surface area contributed by atoms with Crippen LogP contribution < -0.4 is 10.6 Å². The van der Waals surface area contributed by atoms with Crippen molar-refractivity contribution in [1.29, 1.82) is 0 Å². The van der Waals surface area contributed by atoms with Crippen LogP contribution in [0.4, 0.5) is 0 Å². The molecule has 2 N–H and O–H groups in total. The van der Waals surface area contributed by atoms with E-state index in [4.69, 9.17) is 0 Å². The van der Waals surface area contributed by atoms with E-state index < -0.39 is 0 Å². The Morgan fingerprint density at radius 1 is 1.00 bits per heavy atom. The van der Waals surface area contributed by atoms with Crippen LogP contribution >= 0.6 is 0 Å². The summed E-state index contributed by atoms with van der Waals surface area (Å²) in [4.78, 5) is 11.9. The minimum Gasteiger partial charge on any atom is -0.352 e. The molecule has 0 aliphatic heterocycles. The highest BCUT2D eigenvalue weighted by atomic mass is 16.2. The van der Waals surface area contributed by atoms with Crippen molar-refractivity contribution in [2.24, 2.45) is 0 Å². The second-order valence-corrected chi connectivity index (χ2v) is 5.88. The Morgan fingerprint density at radius 2 is 1.64 bits per heavy atom. The first kappa shape index (κ1) is 14.8. The van der Waals surface area contributed by atoms with Crippen molar-refractivity contribution in [3.63, 3.8) is 0 Å². The first-order valence-corrected chi connectivity index (χ1v) is 7.93. The highest BCUT2D eigenvalue weighted by Crippen LogP contribution is 2.19. The Kier molecular flexibility index (Phi) is 4.86. The normalized spacial score (nSPS) is 15.3. The topological polar surface area (TPSA) is 41.1 Å². The number of amides is 1. The molecule has 3 heteroatoms. The lowest BCUT2D eigenvalue weighted by atomic mass is 9.99. The van der Waals surface area contributed by atoms with Crippen LogP contribution in [0.1, 0.15) is 30.0 Å². The second kappa shape index (κ2) is 7.23. The third-order valence-corrected chi connectivity index (χ3v) is 3.94. The summed E-state index contributed by atoms with van der Waals surface area (Å²) in [5.74, 6) is 0.0940. The highest BCUT2D eigenvalue weighted by molar-refractivity contribution is 5.78. The summed E-state index contributed by atoms with van der Waals surface area (Å²) in [5, 5.41) is 6.43. The van der Waals surface area contributed by atoms with Gasteiger partial charge in [0.2, 0.25) is 5.91 Å². The maximum Gasteiger partial charge on any atom is 0.234 e. The Hall–Kier alpha value is -2.13. The number of benzene rings is 2. The van der Waals surface area contributed by atoms with Crippen molar-refractivity contribution in [3.05, 3.63) is 71.8 Å². The van der Waals surface area contributed by atoms with Crippen molar-refractivity contribution < 1.29 is 4.79 Å². The van der Waals surface area contributed by atoms with Crippen molar-refractivity contribution in [1.82, 2.24) is 10.6 Å². The second-order valence-electron chi connectivity index (χ2n) is 5.88.